The number of carbonyl (C=O) groups excluding carboxylic acids is 3. The zero-order chi connectivity index (χ0) is 29.5. The maximum Gasteiger partial charge on any atom is 0.338 e. The van der Waals surface area contributed by atoms with Gasteiger partial charge in [-0.2, -0.15) is 0 Å². The Morgan fingerprint density at radius 2 is 1.76 bits per heavy atom. The first kappa shape index (κ1) is 30.1. The Kier molecular flexibility index (Phi) is 10.0. The quantitative estimate of drug-likeness (QED) is 0.166. The molecule has 3 aromatic carbocycles. The minimum atomic E-state index is -0.421. The Morgan fingerprint density at radius 3 is 2.46 bits per heavy atom. The van der Waals surface area contributed by atoms with Gasteiger partial charge >= 0.3 is 5.97 Å². The summed E-state index contributed by atoms with van der Waals surface area (Å²) in [6.07, 6.45) is 0. The van der Waals surface area contributed by atoms with Crippen molar-refractivity contribution in [3.8, 4) is 5.69 Å². The molecule has 0 saturated heterocycles. The maximum atomic E-state index is 12.8. The number of aryl methyl sites for hydroxylation is 1. The molecule has 0 bridgehead atoms. The molecule has 41 heavy (non-hydrogen) atoms. The number of esters is 1. The lowest BCUT2D eigenvalue weighted by Crippen LogP contribution is -2.25. The third-order valence-electron chi connectivity index (χ3n) is 6.11. The molecule has 0 atom stereocenters. The lowest BCUT2D eigenvalue weighted by Gasteiger charge is -2.15. The normalized spacial score (nSPS) is 10.8. The molecule has 0 aliphatic carbocycles. The second-order valence-electron chi connectivity index (χ2n) is 8.89. The summed E-state index contributed by atoms with van der Waals surface area (Å²) in [4.78, 5) is 37.4. The third-order valence-corrected chi connectivity index (χ3v) is 7.59. The Balaban J connectivity index is 1.50. The maximum absolute atomic E-state index is 12.8. The number of anilines is 1. The van der Waals surface area contributed by atoms with Crippen molar-refractivity contribution >= 4 is 58.4 Å². The molecule has 0 saturated carbocycles. The summed E-state index contributed by atoms with van der Waals surface area (Å²) in [5.74, 6) is -0.536. The summed E-state index contributed by atoms with van der Waals surface area (Å²) in [7, 11) is 0. The predicted molar refractivity (Wildman–Crippen MR) is 160 cm³/mol. The van der Waals surface area contributed by atoms with E-state index in [1.54, 1.807) is 43.3 Å². The first-order valence-electron chi connectivity index (χ1n) is 12.6. The summed E-state index contributed by atoms with van der Waals surface area (Å²) in [5.41, 5.74) is 4.15. The Bertz CT molecular complexity index is 1590. The van der Waals surface area contributed by atoms with Gasteiger partial charge in [-0.05, 0) is 80.4 Å². The van der Waals surface area contributed by atoms with Gasteiger partial charge in [-0.3, -0.25) is 14.2 Å². The predicted octanol–water partition coefficient (Wildman–Crippen LogP) is 6.03. The van der Waals surface area contributed by atoms with E-state index in [1.807, 2.05) is 36.6 Å². The van der Waals surface area contributed by atoms with E-state index in [0.717, 1.165) is 16.8 Å². The minimum absolute atomic E-state index is 0.0510. The highest BCUT2D eigenvalue weighted by atomic mass is 35.5. The van der Waals surface area contributed by atoms with Gasteiger partial charge in [0.25, 0.3) is 5.91 Å². The summed E-state index contributed by atoms with van der Waals surface area (Å²) in [5, 5.41) is 15.4. The van der Waals surface area contributed by atoms with Crippen LogP contribution in [0.5, 0.6) is 0 Å². The molecule has 2 amide bonds. The van der Waals surface area contributed by atoms with Crippen LogP contribution in [-0.2, 0) is 16.1 Å². The van der Waals surface area contributed by atoms with Crippen molar-refractivity contribution in [2.45, 2.75) is 32.5 Å². The summed E-state index contributed by atoms with van der Waals surface area (Å²) < 4.78 is 6.82. The largest absolute Gasteiger partial charge is 0.462 e. The van der Waals surface area contributed by atoms with E-state index in [0.29, 0.717) is 27.3 Å². The molecular formula is C29H27Cl2N5O4S. The van der Waals surface area contributed by atoms with Gasteiger partial charge in [0.1, 0.15) is 0 Å². The van der Waals surface area contributed by atoms with Crippen LogP contribution in [0.3, 0.4) is 0 Å². The highest BCUT2D eigenvalue weighted by molar-refractivity contribution is 7.99. The number of halogens is 2. The molecule has 1 heterocycles. The molecule has 0 aliphatic heterocycles. The van der Waals surface area contributed by atoms with Crippen molar-refractivity contribution < 1.29 is 19.1 Å². The van der Waals surface area contributed by atoms with Crippen molar-refractivity contribution in [2.24, 2.45) is 0 Å². The Labute approximate surface area is 251 Å². The molecule has 9 nitrogen and oxygen atoms in total. The standard InChI is InChI=1S/C29H27Cl2N5O4S/c1-4-40-28(39)19-8-11-21(12-9-19)33-26(37)16-41-29-35-34-25(36(29)24-7-5-6-17(2)18(24)3)15-32-27(38)22-13-10-20(30)14-23(22)31/h5-14H,4,15-16H2,1-3H3,(H,32,38)(H,33,37). The van der Waals surface area contributed by atoms with Crippen LogP contribution in [0.25, 0.3) is 5.69 Å². The molecular weight excluding hydrogens is 585 g/mol. The molecule has 0 spiro atoms. The van der Waals surface area contributed by atoms with Crippen LogP contribution < -0.4 is 10.6 Å². The van der Waals surface area contributed by atoms with Crippen LogP contribution in [0.2, 0.25) is 10.0 Å². The summed E-state index contributed by atoms with van der Waals surface area (Å²) >= 11 is 13.4. The molecule has 0 unspecified atom stereocenters. The van der Waals surface area contributed by atoms with Crippen LogP contribution in [0.1, 0.15) is 44.6 Å². The van der Waals surface area contributed by atoms with E-state index in [1.165, 1.54) is 17.8 Å². The van der Waals surface area contributed by atoms with Gasteiger partial charge in [0, 0.05) is 10.7 Å². The number of thioether (sulfide) groups is 1. The van der Waals surface area contributed by atoms with E-state index in [4.69, 9.17) is 27.9 Å². The Hall–Kier alpha value is -3.86. The van der Waals surface area contributed by atoms with Gasteiger partial charge in [-0.25, -0.2) is 4.79 Å². The average molecular weight is 613 g/mol. The molecule has 212 valence electrons. The van der Waals surface area contributed by atoms with E-state index >= 15 is 0 Å². The lowest BCUT2D eigenvalue weighted by molar-refractivity contribution is -0.113. The molecule has 12 heteroatoms. The topological polar surface area (TPSA) is 115 Å². The van der Waals surface area contributed by atoms with Crippen LogP contribution in [0.15, 0.2) is 65.8 Å². The second-order valence-corrected chi connectivity index (χ2v) is 10.7. The number of aromatic nitrogens is 3. The second kappa shape index (κ2) is 13.7. The van der Waals surface area contributed by atoms with Gasteiger partial charge < -0.3 is 15.4 Å². The number of nitrogens with one attached hydrogen (secondary N) is 2. The van der Waals surface area contributed by atoms with E-state index in [2.05, 4.69) is 20.8 Å². The first-order chi connectivity index (χ1) is 19.7. The lowest BCUT2D eigenvalue weighted by atomic mass is 10.1. The minimum Gasteiger partial charge on any atom is -0.462 e. The number of carbonyl (C=O) groups is 3. The van der Waals surface area contributed by atoms with Crippen LogP contribution >= 0.6 is 35.0 Å². The number of hydrogen-bond acceptors (Lipinski definition) is 7. The fourth-order valence-corrected chi connectivity index (χ4v) is 5.15. The van der Waals surface area contributed by atoms with E-state index in [-0.39, 0.29) is 41.3 Å². The highest BCUT2D eigenvalue weighted by Gasteiger charge is 2.19. The van der Waals surface area contributed by atoms with Crippen molar-refractivity contribution in [3.05, 3.63) is 98.8 Å². The number of benzene rings is 3. The van der Waals surface area contributed by atoms with E-state index in [9.17, 15) is 14.4 Å². The SMILES string of the molecule is CCOC(=O)c1ccc(NC(=O)CSc2nnc(CNC(=O)c3ccc(Cl)cc3Cl)n2-c2cccc(C)c2C)cc1. The van der Waals surface area contributed by atoms with Crippen molar-refractivity contribution in [3.63, 3.8) is 0 Å². The van der Waals surface area contributed by atoms with Crippen molar-refractivity contribution in [1.82, 2.24) is 20.1 Å². The molecule has 0 aliphatic rings. The molecule has 2 N–H and O–H groups in total. The number of ether oxygens (including phenoxy) is 1. The number of rotatable bonds is 10. The molecule has 4 rings (SSSR count). The van der Waals surface area contributed by atoms with Crippen LogP contribution in [0, 0.1) is 13.8 Å². The van der Waals surface area contributed by atoms with Gasteiger partial charge in [0.05, 0.1) is 40.7 Å². The van der Waals surface area contributed by atoms with Gasteiger partial charge in [-0.1, -0.05) is 47.1 Å². The number of amides is 2. The van der Waals surface area contributed by atoms with Gasteiger partial charge in [0.15, 0.2) is 11.0 Å². The molecule has 0 fully saturated rings. The number of hydrogen-bond donors (Lipinski definition) is 2. The fourth-order valence-electron chi connectivity index (χ4n) is 3.89. The Morgan fingerprint density at radius 1 is 1.00 bits per heavy atom. The van der Waals surface area contributed by atoms with Crippen LogP contribution in [-0.4, -0.2) is 44.9 Å². The summed E-state index contributed by atoms with van der Waals surface area (Å²) in [6, 6.07) is 17.0. The van der Waals surface area contributed by atoms with Crippen molar-refractivity contribution in [1.29, 1.82) is 0 Å². The molecule has 4 aromatic rings. The van der Waals surface area contributed by atoms with E-state index < -0.39 is 5.97 Å². The average Bonchev–Trinajstić information content (AvgIpc) is 3.35. The number of nitrogens with zero attached hydrogens (tertiary/aromatic N) is 3. The first-order valence-corrected chi connectivity index (χ1v) is 14.4. The smallest absolute Gasteiger partial charge is 0.338 e. The van der Waals surface area contributed by atoms with Crippen LogP contribution in [0.4, 0.5) is 5.69 Å². The molecule has 0 radical (unpaired) electrons. The zero-order valence-corrected chi connectivity index (χ0v) is 24.9. The highest BCUT2D eigenvalue weighted by Crippen LogP contribution is 2.26. The van der Waals surface area contributed by atoms with Gasteiger partial charge in [0.2, 0.25) is 5.91 Å². The third kappa shape index (κ3) is 7.46. The zero-order valence-electron chi connectivity index (χ0n) is 22.5. The monoisotopic (exact) mass is 611 g/mol. The van der Waals surface area contributed by atoms with Crippen molar-refractivity contribution in [2.75, 3.05) is 17.7 Å². The summed E-state index contributed by atoms with van der Waals surface area (Å²) in [6.45, 7) is 6.08. The van der Waals surface area contributed by atoms with Gasteiger partial charge in [-0.15, -0.1) is 10.2 Å². The molecule has 1 aromatic heterocycles. The fraction of sp³-hybridized carbons (Fsp3) is 0.207.